The number of fused-ring (bicyclic) bond motifs is 1. The lowest BCUT2D eigenvalue weighted by molar-refractivity contribution is -0.137. The predicted octanol–water partition coefficient (Wildman–Crippen LogP) is 3.93. The molecule has 2 fully saturated rings. The molecule has 1 aliphatic carbocycles. The largest absolute Gasteiger partial charge is 0.418 e. The summed E-state index contributed by atoms with van der Waals surface area (Å²) >= 11 is 0. The molecule has 184 valence electrons. The zero-order valence-electron chi connectivity index (χ0n) is 19.1. The number of hydrogen-bond acceptors (Lipinski definition) is 9. The summed E-state index contributed by atoms with van der Waals surface area (Å²) in [5, 5.41) is 14.4. The molecule has 6 rings (SSSR count). The lowest BCUT2D eigenvalue weighted by Crippen LogP contribution is -2.44. The Labute approximate surface area is 204 Å². The van der Waals surface area contributed by atoms with Crippen LogP contribution in [0.5, 0.6) is 0 Å². The minimum atomic E-state index is -4.52. The Hall–Kier alpha value is -3.93. The van der Waals surface area contributed by atoms with Crippen LogP contribution in [0.15, 0.2) is 43.0 Å². The molecule has 0 unspecified atom stereocenters. The highest BCUT2D eigenvalue weighted by Gasteiger charge is 2.32. The van der Waals surface area contributed by atoms with Crippen molar-refractivity contribution in [1.29, 1.82) is 0 Å². The first-order valence-electron chi connectivity index (χ1n) is 11.7. The molecule has 0 radical (unpaired) electrons. The number of piperazine rings is 1. The minimum Gasteiger partial charge on any atom is -0.353 e. The maximum Gasteiger partial charge on any atom is 0.418 e. The van der Waals surface area contributed by atoms with Crippen molar-refractivity contribution in [3.63, 3.8) is 0 Å². The number of aromatic nitrogens is 6. The molecule has 1 aliphatic heterocycles. The molecule has 2 aliphatic rings. The second kappa shape index (κ2) is 8.94. The molecule has 1 saturated heterocycles. The molecule has 5 heterocycles. The molecule has 1 saturated carbocycles. The summed E-state index contributed by atoms with van der Waals surface area (Å²) < 4.78 is 39.2. The van der Waals surface area contributed by atoms with Gasteiger partial charge in [0.15, 0.2) is 11.6 Å². The van der Waals surface area contributed by atoms with Gasteiger partial charge in [0, 0.05) is 49.5 Å². The van der Waals surface area contributed by atoms with Gasteiger partial charge in [0.2, 0.25) is 0 Å². The lowest BCUT2D eigenvalue weighted by atomic mass is 10.1. The molecule has 0 atom stereocenters. The van der Waals surface area contributed by atoms with E-state index in [2.05, 4.69) is 35.7 Å². The third kappa shape index (κ3) is 4.51. The van der Waals surface area contributed by atoms with Crippen LogP contribution in [0.2, 0.25) is 0 Å². The zero-order valence-corrected chi connectivity index (χ0v) is 19.1. The van der Waals surface area contributed by atoms with Gasteiger partial charge in [-0.25, -0.2) is 15.0 Å². The number of nitrogens with one attached hydrogen (secondary N) is 2. The number of alkyl halides is 3. The fourth-order valence-corrected chi connectivity index (χ4v) is 4.38. The van der Waals surface area contributed by atoms with E-state index < -0.39 is 11.7 Å². The van der Waals surface area contributed by atoms with Gasteiger partial charge in [0.25, 0.3) is 0 Å². The Bertz CT molecular complexity index is 1420. The van der Waals surface area contributed by atoms with Gasteiger partial charge in [0.05, 0.1) is 23.5 Å². The van der Waals surface area contributed by atoms with Crippen LogP contribution in [-0.4, -0.2) is 56.3 Å². The molecule has 0 bridgehead atoms. The van der Waals surface area contributed by atoms with Crippen molar-refractivity contribution in [1.82, 2.24) is 35.5 Å². The van der Waals surface area contributed by atoms with Crippen molar-refractivity contribution in [2.45, 2.75) is 24.9 Å². The molecular formula is C24H22F3N9. The maximum absolute atomic E-state index is 13.1. The second-order valence-electron chi connectivity index (χ2n) is 8.89. The number of pyridine rings is 2. The van der Waals surface area contributed by atoms with E-state index in [1.54, 1.807) is 24.5 Å². The monoisotopic (exact) mass is 493 g/mol. The predicted molar refractivity (Wildman–Crippen MR) is 128 cm³/mol. The first-order chi connectivity index (χ1) is 17.5. The standard InChI is InChI=1S/C24H22F3N9/c25-24(26,27)16-10-20(35-31-11-16)33-19-9-15(3-4-30-19)22-32-18-13-29-12-17(14-1-2-14)21(18)23(34-22)36-7-5-28-6-8-36/h3-4,9-14,28H,1-2,5-8H2,(H,30,33,35). The van der Waals surface area contributed by atoms with E-state index >= 15 is 0 Å². The SMILES string of the molecule is FC(F)(F)c1cnnc(Nc2cc(-c3nc(N4CCNCC4)c4c(C5CC5)cncc4n3)ccn2)c1. The van der Waals surface area contributed by atoms with E-state index in [1.165, 1.54) is 5.56 Å². The fraction of sp³-hybridized carbons (Fsp3) is 0.333. The van der Waals surface area contributed by atoms with Crippen molar-refractivity contribution in [2.75, 3.05) is 36.4 Å². The quantitative estimate of drug-likeness (QED) is 0.428. The van der Waals surface area contributed by atoms with Crippen molar-refractivity contribution in [3.8, 4) is 11.4 Å². The zero-order chi connectivity index (χ0) is 24.7. The summed E-state index contributed by atoms with van der Waals surface area (Å²) in [5.41, 5.74) is 1.73. The number of nitrogens with zero attached hydrogens (tertiary/aromatic N) is 7. The first kappa shape index (κ1) is 22.5. The molecule has 12 heteroatoms. The van der Waals surface area contributed by atoms with Gasteiger partial charge in [-0.2, -0.15) is 18.3 Å². The van der Waals surface area contributed by atoms with Crippen molar-refractivity contribution >= 4 is 28.4 Å². The van der Waals surface area contributed by atoms with E-state index in [4.69, 9.17) is 9.97 Å². The fourth-order valence-electron chi connectivity index (χ4n) is 4.38. The van der Waals surface area contributed by atoms with Crippen LogP contribution in [0.4, 0.5) is 30.6 Å². The van der Waals surface area contributed by atoms with Gasteiger partial charge in [-0.3, -0.25) is 4.98 Å². The number of halogens is 3. The highest BCUT2D eigenvalue weighted by molar-refractivity contribution is 5.94. The van der Waals surface area contributed by atoms with Crippen LogP contribution in [0.3, 0.4) is 0 Å². The van der Waals surface area contributed by atoms with Gasteiger partial charge in [-0.1, -0.05) is 0 Å². The summed E-state index contributed by atoms with van der Waals surface area (Å²) in [4.78, 5) is 20.7. The van der Waals surface area contributed by atoms with Crippen molar-refractivity contribution in [3.05, 3.63) is 54.1 Å². The third-order valence-corrected chi connectivity index (χ3v) is 6.31. The van der Waals surface area contributed by atoms with Crippen molar-refractivity contribution < 1.29 is 13.2 Å². The van der Waals surface area contributed by atoms with E-state index in [0.29, 0.717) is 29.3 Å². The summed E-state index contributed by atoms with van der Waals surface area (Å²) in [6.07, 6.45) is 3.68. The smallest absolute Gasteiger partial charge is 0.353 e. The van der Waals surface area contributed by atoms with Crippen LogP contribution in [0.25, 0.3) is 22.3 Å². The third-order valence-electron chi connectivity index (χ3n) is 6.31. The van der Waals surface area contributed by atoms with E-state index in [1.807, 2.05) is 6.20 Å². The lowest BCUT2D eigenvalue weighted by Gasteiger charge is -2.30. The highest BCUT2D eigenvalue weighted by Crippen LogP contribution is 2.44. The van der Waals surface area contributed by atoms with Crippen molar-refractivity contribution in [2.24, 2.45) is 0 Å². The summed E-state index contributed by atoms with van der Waals surface area (Å²) in [6.45, 7) is 3.39. The van der Waals surface area contributed by atoms with Gasteiger partial charge < -0.3 is 15.5 Å². The molecule has 0 aromatic carbocycles. The minimum absolute atomic E-state index is 0.0614. The van der Waals surface area contributed by atoms with Crippen LogP contribution in [-0.2, 0) is 6.18 Å². The Kier molecular flexibility index (Phi) is 5.59. The molecule has 0 spiro atoms. The average Bonchev–Trinajstić information content (AvgIpc) is 3.74. The summed E-state index contributed by atoms with van der Waals surface area (Å²) in [6, 6.07) is 4.34. The Morgan fingerprint density at radius 2 is 1.83 bits per heavy atom. The molecule has 4 aromatic rings. The number of hydrogen-bond donors (Lipinski definition) is 2. The molecule has 4 aromatic heterocycles. The van der Waals surface area contributed by atoms with Gasteiger partial charge in [-0.05, 0) is 42.5 Å². The molecule has 36 heavy (non-hydrogen) atoms. The average molecular weight is 493 g/mol. The van der Waals surface area contributed by atoms with Gasteiger partial charge in [0.1, 0.15) is 11.6 Å². The van der Waals surface area contributed by atoms with E-state index in [0.717, 1.165) is 61.8 Å². The van der Waals surface area contributed by atoms with Gasteiger partial charge >= 0.3 is 6.18 Å². The molecular weight excluding hydrogens is 471 g/mol. The Morgan fingerprint density at radius 1 is 1.00 bits per heavy atom. The van der Waals surface area contributed by atoms with E-state index in [-0.39, 0.29) is 5.82 Å². The normalized spacial score (nSPS) is 16.4. The summed E-state index contributed by atoms with van der Waals surface area (Å²) in [5.74, 6) is 2.11. The van der Waals surface area contributed by atoms with Crippen LogP contribution < -0.4 is 15.5 Å². The van der Waals surface area contributed by atoms with Crippen LogP contribution in [0.1, 0.15) is 29.9 Å². The maximum atomic E-state index is 13.1. The molecule has 9 nitrogen and oxygen atoms in total. The topological polar surface area (TPSA) is 105 Å². The first-order valence-corrected chi connectivity index (χ1v) is 11.7. The Balaban J connectivity index is 1.39. The highest BCUT2D eigenvalue weighted by atomic mass is 19.4. The number of anilines is 3. The summed E-state index contributed by atoms with van der Waals surface area (Å²) in [7, 11) is 0. The Morgan fingerprint density at radius 3 is 2.61 bits per heavy atom. The van der Waals surface area contributed by atoms with E-state index in [9.17, 15) is 13.2 Å². The molecule has 0 amide bonds. The van der Waals surface area contributed by atoms with Crippen LogP contribution >= 0.6 is 0 Å². The van der Waals surface area contributed by atoms with Crippen LogP contribution in [0, 0.1) is 0 Å². The second-order valence-corrected chi connectivity index (χ2v) is 8.89. The molecule has 2 N–H and O–H groups in total. The van der Waals surface area contributed by atoms with Gasteiger partial charge in [-0.15, -0.1) is 5.10 Å². The number of rotatable bonds is 5.